The number of halogens is 1. The standard InChI is InChI=1S/C11H9ClN2O2S/c12-7-1-2-8(9(13)5-7)11(15)16-6-10-14-3-4-17-10/h1-5H,6,13H2. The molecule has 2 rings (SSSR count). The zero-order valence-electron chi connectivity index (χ0n) is 8.72. The summed E-state index contributed by atoms with van der Waals surface area (Å²) in [5.41, 5.74) is 6.29. The van der Waals surface area contributed by atoms with E-state index < -0.39 is 5.97 Å². The number of hydrogen-bond acceptors (Lipinski definition) is 5. The van der Waals surface area contributed by atoms with Crippen molar-refractivity contribution in [2.45, 2.75) is 6.61 Å². The summed E-state index contributed by atoms with van der Waals surface area (Å²) in [6.07, 6.45) is 1.66. The van der Waals surface area contributed by atoms with E-state index in [-0.39, 0.29) is 6.61 Å². The Morgan fingerprint density at radius 1 is 1.53 bits per heavy atom. The molecule has 1 aromatic carbocycles. The van der Waals surface area contributed by atoms with Crippen LogP contribution in [-0.4, -0.2) is 11.0 Å². The van der Waals surface area contributed by atoms with Crippen molar-refractivity contribution in [2.75, 3.05) is 5.73 Å². The lowest BCUT2D eigenvalue weighted by Gasteiger charge is -2.05. The van der Waals surface area contributed by atoms with E-state index >= 15 is 0 Å². The predicted octanol–water partition coefficient (Wildman–Crippen LogP) is 2.74. The fraction of sp³-hybridized carbons (Fsp3) is 0.0909. The summed E-state index contributed by atoms with van der Waals surface area (Å²) in [5, 5.41) is 3.05. The summed E-state index contributed by atoms with van der Waals surface area (Å²) < 4.78 is 5.08. The van der Waals surface area contributed by atoms with Crippen LogP contribution in [-0.2, 0) is 11.3 Å². The molecular formula is C11H9ClN2O2S. The van der Waals surface area contributed by atoms with Crippen molar-refractivity contribution in [3.8, 4) is 0 Å². The Morgan fingerprint density at radius 2 is 2.35 bits per heavy atom. The van der Waals surface area contributed by atoms with Crippen molar-refractivity contribution in [2.24, 2.45) is 0 Å². The number of thiazole rings is 1. The van der Waals surface area contributed by atoms with E-state index in [0.29, 0.717) is 16.3 Å². The highest BCUT2D eigenvalue weighted by Gasteiger charge is 2.12. The van der Waals surface area contributed by atoms with E-state index in [0.717, 1.165) is 5.01 Å². The topological polar surface area (TPSA) is 65.2 Å². The lowest BCUT2D eigenvalue weighted by Crippen LogP contribution is -2.08. The Kier molecular flexibility index (Phi) is 3.61. The number of carbonyl (C=O) groups is 1. The molecule has 17 heavy (non-hydrogen) atoms. The van der Waals surface area contributed by atoms with Crippen molar-refractivity contribution in [1.82, 2.24) is 4.98 Å². The number of aromatic nitrogens is 1. The van der Waals surface area contributed by atoms with Gasteiger partial charge in [-0.15, -0.1) is 11.3 Å². The van der Waals surface area contributed by atoms with Crippen LogP contribution in [0, 0.1) is 0 Å². The lowest BCUT2D eigenvalue weighted by molar-refractivity contribution is 0.0473. The molecule has 0 saturated carbocycles. The molecule has 0 fully saturated rings. The average Bonchev–Trinajstić information content (AvgIpc) is 2.78. The Morgan fingerprint density at radius 3 is 3.00 bits per heavy atom. The number of carbonyl (C=O) groups excluding carboxylic acids is 1. The van der Waals surface area contributed by atoms with Crippen LogP contribution >= 0.6 is 22.9 Å². The number of ether oxygens (including phenoxy) is 1. The average molecular weight is 269 g/mol. The highest BCUT2D eigenvalue weighted by atomic mass is 35.5. The van der Waals surface area contributed by atoms with Crippen LogP contribution in [0.4, 0.5) is 5.69 Å². The number of nitrogen functional groups attached to an aromatic ring is 1. The van der Waals surface area contributed by atoms with Gasteiger partial charge in [-0.05, 0) is 18.2 Å². The van der Waals surface area contributed by atoms with Crippen LogP contribution in [0.5, 0.6) is 0 Å². The van der Waals surface area contributed by atoms with E-state index in [4.69, 9.17) is 22.1 Å². The van der Waals surface area contributed by atoms with E-state index in [1.165, 1.54) is 17.4 Å². The molecule has 88 valence electrons. The van der Waals surface area contributed by atoms with Gasteiger partial charge in [0.05, 0.1) is 5.56 Å². The van der Waals surface area contributed by atoms with Gasteiger partial charge in [0.2, 0.25) is 0 Å². The fourth-order valence-electron chi connectivity index (χ4n) is 1.25. The summed E-state index contributed by atoms with van der Waals surface area (Å²) in [5.74, 6) is -0.477. The van der Waals surface area contributed by atoms with Crippen LogP contribution in [0.25, 0.3) is 0 Å². The van der Waals surface area contributed by atoms with Gasteiger partial charge in [0.1, 0.15) is 11.6 Å². The second-order valence-corrected chi connectivity index (χ2v) is 4.65. The normalized spacial score (nSPS) is 10.2. The first-order chi connectivity index (χ1) is 8.16. The van der Waals surface area contributed by atoms with Crippen LogP contribution in [0.1, 0.15) is 15.4 Å². The number of benzene rings is 1. The number of nitrogens with zero attached hydrogens (tertiary/aromatic N) is 1. The molecule has 0 bridgehead atoms. The summed E-state index contributed by atoms with van der Waals surface area (Å²) in [4.78, 5) is 15.7. The molecule has 1 heterocycles. The summed E-state index contributed by atoms with van der Waals surface area (Å²) in [6, 6.07) is 4.65. The zero-order valence-corrected chi connectivity index (χ0v) is 10.3. The van der Waals surface area contributed by atoms with E-state index in [2.05, 4.69) is 4.98 Å². The van der Waals surface area contributed by atoms with Crippen molar-refractivity contribution < 1.29 is 9.53 Å². The molecule has 6 heteroatoms. The number of anilines is 1. The van der Waals surface area contributed by atoms with Crippen molar-refractivity contribution in [3.05, 3.63) is 45.4 Å². The molecule has 0 amide bonds. The third-order valence-corrected chi connectivity index (χ3v) is 3.03. The number of nitrogens with two attached hydrogens (primary N) is 1. The Bertz CT molecular complexity index is 528. The summed E-state index contributed by atoms with van der Waals surface area (Å²) >= 11 is 7.17. The zero-order chi connectivity index (χ0) is 12.3. The van der Waals surface area contributed by atoms with Gasteiger partial charge in [-0.2, -0.15) is 0 Å². The maximum atomic E-state index is 11.7. The monoisotopic (exact) mass is 268 g/mol. The van der Waals surface area contributed by atoms with Gasteiger partial charge < -0.3 is 10.5 Å². The maximum absolute atomic E-state index is 11.7. The van der Waals surface area contributed by atoms with Gasteiger partial charge in [-0.1, -0.05) is 11.6 Å². The molecule has 1 aromatic heterocycles. The van der Waals surface area contributed by atoms with Crippen LogP contribution < -0.4 is 5.73 Å². The largest absolute Gasteiger partial charge is 0.455 e. The first kappa shape index (κ1) is 11.9. The molecule has 0 unspecified atom stereocenters. The molecule has 2 aromatic rings. The minimum Gasteiger partial charge on any atom is -0.455 e. The Balaban J connectivity index is 2.04. The highest BCUT2D eigenvalue weighted by molar-refractivity contribution is 7.09. The third kappa shape index (κ3) is 2.95. The summed E-state index contributed by atoms with van der Waals surface area (Å²) in [6.45, 7) is 0.151. The summed E-state index contributed by atoms with van der Waals surface area (Å²) in [7, 11) is 0. The second-order valence-electron chi connectivity index (χ2n) is 3.23. The number of esters is 1. The Hall–Kier alpha value is -1.59. The molecule has 4 nitrogen and oxygen atoms in total. The minimum absolute atomic E-state index is 0.151. The number of rotatable bonds is 3. The fourth-order valence-corrected chi connectivity index (χ4v) is 1.96. The number of hydrogen-bond donors (Lipinski definition) is 1. The van der Waals surface area contributed by atoms with E-state index in [1.54, 1.807) is 18.3 Å². The predicted molar refractivity (Wildman–Crippen MR) is 67.1 cm³/mol. The molecule has 0 atom stereocenters. The SMILES string of the molecule is Nc1cc(Cl)ccc1C(=O)OCc1nccs1. The highest BCUT2D eigenvalue weighted by Crippen LogP contribution is 2.19. The first-order valence-corrected chi connectivity index (χ1v) is 6.03. The molecule has 0 aliphatic carbocycles. The van der Waals surface area contributed by atoms with Gasteiger partial charge in [-0.3, -0.25) is 0 Å². The third-order valence-electron chi connectivity index (χ3n) is 2.04. The van der Waals surface area contributed by atoms with Gasteiger partial charge in [0.25, 0.3) is 0 Å². The molecule has 0 aliphatic heterocycles. The molecule has 2 N–H and O–H groups in total. The quantitative estimate of drug-likeness (QED) is 0.687. The van der Waals surface area contributed by atoms with Crippen molar-refractivity contribution in [1.29, 1.82) is 0 Å². The van der Waals surface area contributed by atoms with Crippen molar-refractivity contribution in [3.63, 3.8) is 0 Å². The molecule has 0 saturated heterocycles. The van der Waals surface area contributed by atoms with Crippen LogP contribution in [0.3, 0.4) is 0 Å². The lowest BCUT2D eigenvalue weighted by atomic mass is 10.2. The Labute approximate surface area is 107 Å². The van der Waals surface area contributed by atoms with Gasteiger partial charge in [-0.25, -0.2) is 9.78 Å². The second kappa shape index (κ2) is 5.16. The molecular weight excluding hydrogens is 260 g/mol. The van der Waals surface area contributed by atoms with Crippen molar-refractivity contribution >= 4 is 34.6 Å². The van der Waals surface area contributed by atoms with E-state index in [9.17, 15) is 4.79 Å². The van der Waals surface area contributed by atoms with Crippen LogP contribution in [0.2, 0.25) is 5.02 Å². The first-order valence-electron chi connectivity index (χ1n) is 4.77. The molecule has 0 aliphatic rings. The van der Waals surface area contributed by atoms with Gasteiger partial charge >= 0.3 is 5.97 Å². The molecule has 0 spiro atoms. The van der Waals surface area contributed by atoms with Gasteiger partial charge in [0.15, 0.2) is 0 Å². The molecule has 0 radical (unpaired) electrons. The smallest absolute Gasteiger partial charge is 0.340 e. The minimum atomic E-state index is -0.477. The van der Waals surface area contributed by atoms with Gasteiger partial charge in [0, 0.05) is 22.3 Å². The van der Waals surface area contributed by atoms with E-state index in [1.807, 2.05) is 5.38 Å². The maximum Gasteiger partial charge on any atom is 0.340 e. The van der Waals surface area contributed by atoms with Crippen LogP contribution in [0.15, 0.2) is 29.8 Å².